The summed E-state index contributed by atoms with van der Waals surface area (Å²) < 4.78 is 19.1. The van der Waals surface area contributed by atoms with Crippen molar-refractivity contribution in [3.63, 3.8) is 0 Å². The van der Waals surface area contributed by atoms with Crippen molar-refractivity contribution in [3.8, 4) is 169 Å². The number of aromatic nitrogens is 3. The fourth-order valence-electron chi connectivity index (χ4n) is 17.9. The van der Waals surface area contributed by atoms with Crippen LogP contribution in [0.4, 0.5) is 0 Å². The molecule has 0 spiro atoms. The van der Waals surface area contributed by atoms with E-state index in [1.807, 2.05) is 36.4 Å². The molecule has 3 aromatic heterocycles. The van der Waals surface area contributed by atoms with Crippen LogP contribution in [0.3, 0.4) is 0 Å². The third-order valence-corrected chi connectivity index (χ3v) is 23.9. The molecule has 6 heterocycles. The monoisotopic (exact) mass is 1550 g/mol. The van der Waals surface area contributed by atoms with Crippen LogP contribution in [-0.4, -0.2) is 15.0 Å². The quantitative estimate of drug-likeness (QED) is 0.136. The number of fused-ring (bicyclic) bond motifs is 8. The van der Waals surface area contributed by atoms with Crippen LogP contribution >= 0.6 is 0 Å². The fourth-order valence-corrected chi connectivity index (χ4v) is 17.9. The zero-order valence-electron chi connectivity index (χ0n) is 66.7. The van der Waals surface area contributed by atoms with E-state index >= 15 is 0 Å². The largest absolute Gasteiger partial charge is 0.456 e. The first-order valence-corrected chi connectivity index (χ1v) is 41.5. The van der Waals surface area contributed by atoms with E-state index in [4.69, 9.17) is 29.2 Å². The number of benzene rings is 17. The standard InChI is InChI=1S/C41H25NO.C39H27NO.C35H25NO/c1-3-10-28-22-30(18-16-26(28)8-1)37-24-32(25-38(42-37)31-19-17-27-9-2-4-11-29(27)23-31)33-20-21-40-41-35(33)13-7-14-36(41)34-12-5-6-15-39(34)43-40;1-3-11-26(12-4-1)28-15-9-16-29(23-28)36-25-30(24-35(40-36)27-13-5-2-6-14-27)31-21-22-38-39-33(31)18-10-19-34(39)32-17-7-8-20-37(32)41-38;1-22-10-14-24(15-11-22)31-20-26(21-32(36-31)25-16-12-23(2)13-17-25)27-18-19-34-35-29(27)7-5-8-30(35)28-6-3-4-9-33(28)37-34/h1-25H;1,3-5,7-25H,2,6H2;3-21H,1-2H3. The Morgan fingerprint density at radius 1 is 0.207 bits per heavy atom. The highest BCUT2D eigenvalue weighted by Crippen LogP contribution is 2.53. The number of hydrogen-bond donors (Lipinski definition) is 0. The van der Waals surface area contributed by atoms with Crippen molar-refractivity contribution in [1.82, 2.24) is 15.0 Å². The zero-order chi connectivity index (χ0) is 80.4. The second-order valence-corrected chi connectivity index (χ2v) is 31.6. The number of pyridine rings is 3. The Labute approximate surface area is 702 Å². The van der Waals surface area contributed by atoms with Crippen LogP contribution in [0.5, 0.6) is 34.5 Å². The maximum Gasteiger partial charge on any atom is 0.135 e. The molecule has 0 radical (unpaired) electrons. The Morgan fingerprint density at radius 2 is 0.545 bits per heavy atom. The third kappa shape index (κ3) is 13.5. The molecule has 6 nitrogen and oxygen atoms in total. The van der Waals surface area contributed by atoms with Crippen LogP contribution in [0.2, 0.25) is 0 Å². The fraction of sp³-hybridized carbons (Fsp3) is 0.0348. The summed E-state index contributed by atoms with van der Waals surface area (Å²) >= 11 is 0. The zero-order valence-corrected chi connectivity index (χ0v) is 66.7. The van der Waals surface area contributed by atoms with Gasteiger partial charge in [-0.05, 0) is 222 Å². The molecular weight excluding hydrogens is 1470 g/mol. The highest BCUT2D eigenvalue weighted by molar-refractivity contribution is 6.13. The molecule has 0 fully saturated rings. The molecule has 24 rings (SSSR count). The van der Waals surface area contributed by atoms with Crippen molar-refractivity contribution >= 4 is 59.4 Å². The van der Waals surface area contributed by atoms with Gasteiger partial charge in [0.2, 0.25) is 0 Å². The lowest BCUT2D eigenvalue weighted by Crippen LogP contribution is -1.99. The van der Waals surface area contributed by atoms with Crippen molar-refractivity contribution in [1.29, 1.82) is 0 Å². The van der Waals surface area contributed by atoms with Gasteiger partial charge in [-0.2, -0.15) is 0 Å². The minimum atomic E-state index is 0.895. The average Bonchev–Trinajstić information content (AvgIpc) is 0.745. The van der Waals surface area contributed by atoms with Crippen molar-refractivity contribution in [2.24, 2.45) is 0 Å². The van der Waals surface area contributed by atoms with Gasteiger partial charge in [-0.15, -0.1) is 0 Å². The maximum atomic E-state index is 6.40. The van der Waals surface area contributed by atoms with Gasteiger partial charge < -0.3 is 14.2 Å². The first-order chi connectivity index (χ1) is 59.7. The van der Waals surface area contributed by atoms with Gasteiger partial charge in [0.05, 0.1) is 34.2 Å². The van der Waals surface area contributed by atoms with Gasteiger partial charge in [-0.3, -0.25) is 0 Å². The van der Waals surface area contributed by atoms with E-state index in [2.05, 4.69) is 384 Å². The van der Waals surface area contributed by atoms with E-state index in [9.17, 15) is 0 Å². The molecule has 0 atom stereocenters. The minimum absolute atomic E-state index is 0.895. The predicted molar refractivity (Wildman–Crippen MR) is 502 cm³/mol. The SMILES string of the molecule is C1=CC(c2cc(-c3ccc4c5c(cccc35)-c3ccccc3O4)cc(-c3cccc(-c4ccccc4)c3)n2)=CCC1.Cc1ccc(-c2cc(-c3ccc4c5c(cccc35)-c3ccccc3O4)cc(-c3ccc(C)cc3)n2)cc1.c1ccc2c(c1)Oc1ccc(-c3cc(-c4ccc5ccccc5c4)nc(-c4ccc5ccccc5c4)c3)c3cccc-2c13. The molecule has 17 aromatic carbocycles. The number of ether oxygens (including phenoxy) is 3. The number of allylic oxidation sites excluding steroid dienone is 4. The second-order valence-electron chi connectivity index (χ2n) is 31.6. The minimum Gasteiger partial charge on any atom is -0.456 e. The summed E-state index contributed by atoms with van der Waals surface area (Å²) in [5, 5.41) is 11.9. The number of hydrogen-bond acceptors (Lipinski definition) is 6. The van der Waals surface area contributed by atoms with E-state index in [0.29, 0.717) is 0 Å². The van der Waals surface area contributed by atoms with E-state index in [-0.39, 0.29) is 0 Å². The van der Waals surface area contributed by atoms with Crippen LogP contribution in [0, 0.1) is 13.8 Å². The summed E-state index contributed by atoms with van der Waals surface area (Å²) in [5.41, 5.74) is 31.3. The van der Waals surface area contributed by atoms with E-state index in [0.717, 1.165) is 164 Å². The molecule has 3 aliphatic heterocycles. The Balaban J connectivity index is 0.000000109. The van der Waals surface area contributed by atoms with Crippen LogP contribution < -0.4 is 14.2 Å². The van der Waals surface area contributed by atoms with E-state index in [1.165, 1.54) is 93.3 Å². The van der Waals surface area contributed by atoms with Gasteiger partial charge in [0.1, 0.15) is 34.5 Å². The molecule has 4 aliphatic rings. The summed E-state index contributed by atoms with van der Waals surface area (Å²) in [6.45, 7) is 4.22. The van der Waals surface area contributed by atoms with E-state index < -0.39 is 0 Å². The van der Waals surface area contributed by atoms with Crippen LogP contribution in [0.1, 0.15) is 29.7 Å². The molecule has 0 bridgehead atoms. The van der Waals surface area contributed by atoms with Gasteiger partial charge in [-0.25, -0.2) is 15.0 Å². The van der Waals surface area contributed by atoms with Crippen LogP contribution in [0.25, 0.3) is 194 Å². The smallest absolute Gasteiger partial charge is 0.135 e. The Bertz CT molecular complexity index is 7470. The molecule has 6 heteroatoms. The Morgan fingerprint density at radius 3 is 0.975 bits per heavy atom. The number of nitrogens with zero attached hydrogens (tertiary/aromatic N) is 3. The molecule has 121 heavy (non-hydrogen) atoms. The molecule has 20 aromatic rings. The summed E-state index contributed by atoms with van der Waals surface area (Å²) in [6, 6.07) is 137. The van der Waals surface area contributed by atoms with Gasteiger partial charge in [-0.1, -0.05) is 327 Å². The predicted octanol–water partition coefficient (Wildman–Crippen LogP) is 31.7. The Hall–Kier alpha value is -15.6. The van der Waals surface area contributed by atoms with Gasteiger partial charge >= 0.3 is 0 Å². The van der Waals surface area contributed by atoms with Crippen LogP contribution in [-0.2, 0) is 0 Å². The molecular formula is C115H77N3O3. The normalized spacial score (nSPS) is 12.4. The third-order valence-electron chi connectivity index (χ3n) is 23.9. The lowest BCUT2D eigenvalue weighted by atomic mass is 9.89. The maximum absolute atomic E-state index is 6.40. The molecule has 0 saturated heterocycles. The van der Waals surface area contributed by atoms with Gasteiger partial charge in [0, 0.05) is 60.7 Å². The number of rotatable bonds is 10. The summed E-state index contributed by atoms with van der Waals surface area (Å²) in [7, 11) is 0. The van der Waals surface area contributed by atoms with Gasteiger partial charge in [0.25, 0.3) is 0 Å². The molecule has 0 unspecified atom stereocenters. The number of para-hydroxylation sites is 3. The van der Waals surface area contributed by atoms with Crippen molar-refractivity contribution in [2.75, 3.05) is 0 Å². The van der Waals surface area contributed by atoms with Crippen molar-refractivity contribution in [3.05, 3.63) is 423 Å². The van der Waals surface area contributed by atoms with Gasteiger partial charge in [0.15, 0.2) is 0 Å². The molecule has 0 saturated carbocycles. The Kier molecular flexibility index (Phi) is 18.1. The first-order valence-electron chi connectivity index (χ1n) is 41.5. The second kappa shape index (κ2) is 30.5. The average molecular weight is 1550 g/mol. The summed E-state index contributed by atoms with van der Waals surface area (Å²) in [4.78, 5) is 15.6. The van der Waals surface area contributed by atoms with E-state index in [1.54, 1.807) is 0 Å². The molecule has 0 N–H and O–H groups in total. The number of aryl methyl sites for hydroxylation is 2. The first kappa shape index (κ1) is 71.9. The molecule has 0 amide bonds. The lowest BCUT2D eigenvalue weighted by molar-refractivity contribution is 0.487. The van der Waals surface area contributed by atoms with Crippen molar-refractivity contribution in [2.45, 2.75) is 26.7 Å². The molecule has 570 valence electrons. The summed E-state index contributed by atoms with van der Waals surface area (Å²) in [5.74, 6) is 5.41. The molecule has 1 aliphatic carbocycles. The summed E-state index contributed by atoms with van der Waals surface area (Å²) in [6.07, 6.45) is 8.87. The topological polar surface area (TPSA) is 66.4 Å². The van der Waals surface area contributed by atoms with Crippen molar-refractivity contribution < 1.29 is 14.2 Å². The highest BCUT2D eigenvalue weighted by Gasteiger charge is 2.27. The highest BCUT2D eigenvalue weighted by atomic mass is 16.5. The van der Waals surface area contributed by atoms with Crippen LogP contribution in [0.15, 0.2) is 406 Å². The lowest BCUT2D eigenvalue weighted by Gasteiger charge is -2.22.